The summed E-state index contributed by atoms with van der Waals surface area (Å²) in [6, 6.07) is 10.6. The first kappa shape index (κ1) is 29.9. The molecule has 0 aliphatic carbocycles. The zero-order valence-corrected chi connectivity index (χ0v) is 24.6. The molecule has 1 aromatic heterocycles. The van der Waals surface area contributed by atoms with Crippen molar-refractivity contribution in [3.63, 3.8) is 0 Å². The van der Waals surface area contributed by atoms with Gasteiger partial charge in [0.25, 0.3) is 5.91 Å². The number of nitrogens with one attached hydrogen (secondary N) is 1. The van der Waals surface area contributed by atoms with Gasteiger partial charge in [-0.1, -0.05) is 23.7 Å². The summed E-state index contributed by atoms with van der Waals surface area (Å²) in [6.45, 7) is 6.55. The number of carbonyl (C=O) groups is 2. The Morgan fingerprint density at radius 3 is 2.30 bits per heavy atom. The second-order valence-corrected chi connectivity index (χ2v) is 12.7. The summed E-state index contributed by atoms with van der Waals surface area (Å²) in [5, 5.41) is 14.2. The van der Waals surface area contributed by atoms with Gasteiger partial charge in [0.05, 0.1) is 34.2 Å². The Kier molecular flexibility index (Phi) is 9.09. The molecule has 0 saturated carbocycles. The molecule has 2 heterocycles. The number of esters is 1. The minimum Gasteiger partial charge on any atom is -0.462 e. The number of fused-ring (bicyclic) bond motifs is 1. The van der Waals surface area contributed by atoms with Gasteiger partial charge >= 0.3 is 5.97 Å². The summed E-state index contributed by atoms with van der Waals surface area (Å²) >= 11 is 6.64. The van der Waals surface area contributed by atoms with E-state index in [-0.39, 0.29) is 4.90 Å². The van der Waals surface area contributed by atoms with E-state index in [1.165, 1.54) is 24.3 Å². The van der Waals surface area contributed by atoms with Crippen LogP contribution in [0.15, 0.2) is 47.4 Å². The van der Waals surface area contributed by atoms with Gasteiger partial charge in [0.1, 0.15) is 5.69 Å². The average Bonchev–Trinajstić information content (AvgIpc) is 3.24. The Hall–Kier alpha value is -3.12. The summed E-state index contributed by atoms with van der Waals surface area (Å²) in [6.07, 6.45) is -0.421. The Bertz CT molecular complexity index is 1500. The number of aliphatic hydroxyl groups excluding tert-OH is 1. The van der Waals surface area contributed by atoms with Gasteiger partial charge in [-0.15, -0.1) is 0 Å². The van der Waals surface area contributed by atoms with Crippen LogP contribution in [0.25, 0.3) is 10.9 Å². The van der Waals surface area contributed by atoms with E-state index in [0.29, 0.717) is 16.3 Å². The molecule has 1 unspecified atom stereocenters. The maximum atomic E-state index is 13.3. The van der Waals surface area contributed by atoms with Crippen molar-refractivity contribution in [3.8, 4) is 0 Å². The molecule has 0 radical (unpaired) electrons. The molecule has 10 nitrogen and oxygen atoms in total. The number of nitrogens with zero attached hydrogens (tertiary/aromatic N) is 3. The highest BCUT2D eigenvalue weighted by Crippen LogP contribution is 2.32. The molecule has 1 aliphatic heterocycles. The van der Waals surface area contributed by atoms with E-state index < -0.39 is 46.2 Å². The van der Waals surface area contributed by atoms with Crippen molar-refractivity contribution in [3.05, 3.63) is 58.7 Å². The minimum absolute atomic E-state index is 0.0561. The van der Waals surface area contributed by atoms with Crippen molar-refractivity contribution in [2.75, 3.05) is 50.5 Å². The number of sulfone groups is 1. The van der Waals surface area contributed by atoms with Gasteiger partial charge in [-0.2, -0.15) is 0 Å². The van der Waals surface area contributed by atoms with Crippen LogP contribution in [0.4, 0.5) is 5.69 Å². The summed E-state index contributed by atoms with van der Waals surface area (Å²) < 4.78 is 31.9. The number of amides is 1. The number of aromatic nitrogens is 1. The zero-order chi connectivity index (χ0) is 29.2. The fourth-order valence-corrected chi connectivity index (χ4v) is 6.11. The number of ether oxygens (including phenoxy) is 1. The summed E-state index contributed by atoms with van der Waals surface area (Å²) in [7, 11) is -0.0193. The maximum Gasteiger partial charge on any atom is 0.321 e. The number of anilines is 1. The smallest absolute Gasteiger partial charge is 0.321 e. The van der Waals surface area contributed by atoms with Gasteiger partial charge < -0.3 is 29.5 Å². The molecular weight excluding hydrogens is 556 g/mol. The molecule has 0 bridgehead atoms. The topological polar surface area (TPSA) is 121 Å². The highest BCUT2D eigenvalue weighted by Gasteiger charge is 2.24. The Morgan fingerprint density at radius 1 is 1.05 bits per heavy atom. The van der Waals surface area contributed by atoms with E-state index >= 15 is 0 Å². The molecule has 1 fully saturated rings. The first-order chi connectivity index (χ1) is 18.9. The van der Waals surface area contributed by atoms with Crippen LogP contribution in [0.3, 0.4) is 0 Å². The van der Waals surface area contributed by atoms with Gasteiger partial charge in [-0.3, -0.25) is 9.59 Å². The average molecular weight is 591 g/mol. The molecule has 40 heavy (non-hydrogen) atoms. The molecule has 1 amide bonds. The van der Waals surface area contributed by atoms with Gasteiger partial charge in [-0.25, -0.2) is 8.42 Å². The number of likely N-dealkylation sites (N-methyl/N-ethyl adjacent to an activating group) is 1. The molecule has 1 atom stereocenters. The van der Waals surface area contributed by atoms with Crippen LogP contribution in [0.5, 0.6) is 0 Å². The summed E-state index contributed by atoms with van der Waals surface area (Å²) in [5.41, 5.74) is 2.69. The molecule has 2 aromatic carbocycles. The first-order valence-corrected chi connectivity index (χ1v) is 15.1. The lowest BCUT2D eigenvalue weighted by Crippen LogP contribution is -2.44. The second-order valence-electron chi connectivity index (χ2n) is 10.3. The van der Waals surface area contributed by atoms with E-state index in [1.807, 2.05) is 12.1 Å². The lowest BCUT2D eigenvalue weighted by molar-refractivity contribution is -0.144. The van der Waals surface area contributed by atoms with Gasteiger partial charge in [0.2, 0.25) is 0 Å². The molecule has 216 valence electrons. The molecule has 0 spiro atoms. The van der Waals surface area contributed by atoms with Crippen LogP contribution in [0.2, 0.25) is 5.02 Å². The fraction of sp³-hybridized carbons (Fsp3) is 0.429. The van der Waals surface area contributed by atoms with Crippen molar-refractivity contribution in [2.24, 2.45) is 7.05 Å². The van der Waals surface area contributed by atoms with Crippen molar-refractivity contribution in [1.29, 1.82) is 0 Å². The number of aliphatic hydroxyl groups is 1. The molecular formula is C28H35ClN4O6S. The normalized spacial score (nSPS) is 15.4. The van der Waals surface area contributed by atoms with Crippen LogP contribution < -0.4 is 10.2 Å². The summed E-state index contributed by atoms with van der Waals surface area (Å²) in [5.74, 6) is -2.02. The van der Waals surface area contributed by atoms with E-state index in [2.05, 4.69) is 22.2 Å². The third-order valence-corrected chi connectivity index (χ3v) is 8.92. The number of rotatable bonds is 9. The number of halogens is 1. The number of carbonyl (C=O) groups excluding carboxylic acids is 2. The molecule has 3 aromatic rings. The number of aryl methyl sites for hydroxylation is 1. The minimum atomic E-state index is -3.91. The Labute approximate surface area is 239 Å². The lowest BCUT2D eigenvalue weighted by atomic mass is 10.1. The first-order valence-electron chi connectivity index (χ1n) is 13.1. The van der Waals surface area contributed by atoms with Gasteiger partial charge in [0.15, 0.2) is 15.6 Å². The SMILES string of the molecule is CC(C)OC(=O)CS(=O)(=O)c1ccc(C(CO)NC(=O)c2cc3c(Cl)cc(N4CCN(C)CC4)cc3n2C)cc1. The predicted octanol–water partition coefficient (Wildman–Crippen LogP) is 2.77. The third kappa shape index (κ3) is 6.60. The van der Waals surface area contributed by atoms with Crippen LogP contribution >= 0.6 is 11.6 Å². The van der Waals surface area contributed by atoms with E-state index in [9.17, 15) is 23.1 Å². The largest absolute Gasteiger partial charge is 0.462 e. The van der Waals surface area contributed by atoms with Crippen molar-refractivity contribution in [2.45, 2.75) is 30.9 Å². The molecule has 1 aliphatic rings. The van der Waals surface area contributed by atoms with Crippen molar-refractivity contribution in [1.82, 2.24) is 14.8 Å². The third-order valence-electron chi connectivity index (χ3n) is 7.00. The quantitative estimate of drug-likeness (QED) is 0.365. The predicted molar refractivity (Wildman–Crippen MR) is 155 cm³/mol. The highest BCUT2D eigenvalue weighted by atomic mass is 35.5. The van der Waals surface area contributed by atoms with Gasteiger partial charge in [0, 0.05) is 44.3 Å². The highest BCUT2D eigenvalue weighted by molar-refractivity contribution is 7.92. The van der Waals surface area contributed by atoms with Crippen LogP contribution in [-0.4, -0.2) is 86.6 Å². The molecule has 1 saturated heterocycles. The maximum absolute atomic E-state index is 13.3. The number of hydrogen-bond acceptors (Lipinski definition) is 8. The van der Waals surface area contributed by atoms with Crippen LogP contribution in [-0.2, 0) is 26.4 Å². The fourth-order valence-electron chi connectivity index (χ4n) is 4.75. The van der Waals surface area contributed by atoms with E-state index in [4.69, 9.17) is 16.3 Å². The molecule has 12 heteroatoms. The lowest BCUT2D eigenvalue weighted by Gasteiger charge is -2.34. The van der Waals surface area contributed by atoms with Crippen LogP contribution in [0, 0.1) is 0 Å². The Morgan fingerprint density at radius 2 is 1.70 bits per heavy atom. The standard InChI is InChI=1S/C28H35ClN4O6S/c1-18(2)39-27(35)17-40(37,38)21-7-5-19(6-8-21)24(16-34)30-28(36)26-15-22-23(29)13-20(14-25(22)32(26)4)33-11-9-31(3)10-12-33/h5-8,13-15,18,24,34H,9-12,16-17H2,1-4H3,(H,30,36). The van der Waals surface area contributed by atoms with Crippen molar-refractivity contribution >= 4 is 49.9 Å². The number of benzene rings is 2. The molecule has 2 N–H and O–H groups in total. The summed E-state index contributed by atoms with van der Waals surface area (Å²) in [4.78, 5) is 29.6. The van der Waals surface area contributed by atoms with Crippen molar-refractivity contribution < 1.29 is 27.9 Å². The van der Waals surface area contributed by atoms with Gasteiger partial charge in [-0.05, 0) is 56.8 Å². The van der Waals surface area contributed by atoms with E-state index in [1.54, 1.807) is 31.5 Å². The Balaban J connectivity index is 1.51. The zero-order valence-electron chi connectivity index (χ0n) is 23.1. The number of piperazine rings is 1. The monoisotopic (exact) mass is 590 g/mol. The van der Waals surface area contributed by atoms with E-state index in [0.717, 1.165) is 42.8 Å². The van der Waals surface area contributed by atoms with Crippen LogP contribution in [0.1, 0.15) is 35.9 Å². The number of hydrogen-bond donors (Lipinski definition) is 2. The second kappa shape index (κ2) is 12.2. The molecule has 4 rings (SSSR count).